The van der Waals surface area contributed by atoms with E-state index in [0.29, 0.717) is 11.0 Å². The molecule has 2 N–H and O–H groups in total. The molecule has 1 aromatic heterocycles. The predicted octanol–water partition coefficient (Wildman–Crippen LogP) is 2.49. The van der Waals surface area contributed by atoms with Crippen LogP contribution in [0.4, 0.5) is 0 Å². The van der Waals surface area contributed by atoms with E-state index in [9.17, 15) is 8.42 Å². The summed E-state index contributed by atoms with van der Waals surface area (Å²) in [6, 6.07) is 5.25. The molecule has 0 radical (unpaired) electrons. The van der Waals surface area contributed by atoms with Crippen molar-refractivity contribution < 1.29 is 8.42 Å². The molecular weight excluding hydrogens is 374 g/mol. The molecule has 0 atom stereocenters. The molecule has 0 aliphatic carbocycles. The minimum absolute atomic E-state index is 0.243. The second-order valence-corrected chi connectivity index (χ2v) is 7.90. The first-order chi connectivity index (χ1) is 10.0. The Morgan fingerprint density at radius 3 is 2.76 bits per heavy atom. The maximum absolute atomic E-state index is 12.3. The third-order valence-corrected chi connectivity index (χ3v) is 5.94. The van der Waals surface area contributed by atoms with Gasteiger partial charge in [-0.15, -0.1) is 11.3 Å². The smallest absolute Gasteiger partial charge is 0.242 e. The van der Waals surface area contributed by atoms with Crippen molar-refractivity contribution in [3.63, 3.8) is 0 Å². The molecule has 0 amide bonds. The van der Waals surface area contributed by atoms with E-state index in [2.05, 4.69) is 31.0 Å². The average molecular weight is 390 g/mol. The number of hydrogen-bond acceptors (Lipinski definition) is 5. The highest BCUT2D eigenvalue weighted by Crippen LogP contribution is 2.23. The van der Waals surface area contributed by atoms with Gasteiger partial charge < -0.3 is 5.32 Å². The molecule has 5 nitrogen and oxygen atoms in total. The van der Waals surface area contributed by atoms with Gasteiger partial charge in [-0.1, -0.05) is 13.0 Å². The third-order valence-electron chi connectivity index (χ3n) is 2.78. The highest BCUT2D eigenvalue weighted by atomic mass is 79.9. The Kier molecular flexibility index (Phi) is 5.88. The van der Waals surface area contributed by atoms with Gasteiger partial charge >= 0.3 is 0 Å². The Hall–Kier alpha value is -0.800. The molecule has 8 heteroatoms. The van der Waals surface area contributed by atoms with Gasteiger partial charge in [0.1, 0.15) is 0 Å². The van der Waals surface area contributed by atoms with Crippen molar-refractivity contribution >= 4 is 37.3 Å². The number of nitrogens with one attached hydrogen (secondary N) is 2. The normalized spacial score (nSPS) is 11.7. The summed E-state index contributed by atoms with van der Waals surface area (Å²) in [5, 5.41) is 3.20. The first-order valence-electron chi connectivity index (χ1n) is 6.39. The molecule has 0 aliphatic rings. The number of sulfonamides is 1. The van der Waals surface area contributed by atoms with Crippen molar-refractivity contribution in [2.24, 2.45) is 0 Å². The van der Waals surface area contributed by atoms with Crippen LogP contribution in [0.15, 0.2) is 39.3 Å². The van der Waals surface area contributed by atoms with Crippen LogP contribution < -0.4 is 10.0 Å². The minimum Gasteiger partial charge on any atom is -0.313 e. The van der Waals surface area contributed by atoms with E-state index in [1.165, 1.54) is 11.3 Å². The molecule has 2 aromatic rings. The summed E-state index contributed by atoms with van der Waals surface area (Å²) < 4.78 is 27.7. The van der Waals surface area contributed by atoms with Crippen LogP contribution >= 0.6 is 27.3 Å². The number of thiazole rings is 1. The average Bonchev–Trinajstić information content (AvgIpc) is 2.96. The van der Waals surface area contributed by atoms with Crippen molar-refractivity contribution in [2.75, 3.05) is 6.54 Å². The molecular formula is C13H16BrN3O2S2. The topological polar surface area (TPSA) is 71.1 Å². The van der Waals surface area contributed by atoms with Gasteiger partial charge in [-0.25, -0.2) is 13.1 Å². The number of nitrogens with zero attached hydrogens (tertiary/aromatic N) is 1. The molecule has 1 heterocycles. The molecule has 0 fully saturated rings. The lowest BCUT2D eigenvalue weighted by atomic mass is 10.2. The Morgan fingerprint density at radius 1 is 1.33 bits per heavy atom. The zero-order valence-electron chi connectivity index (χ0n) is 11.5. The molecule has 0 aliphatic heterocycles. The summed E-state index contributed by atoms with van der Waals surface area (Å²) in [4.78, 5) is 5.04. The second-order valence-electron chi connectivity index (χ2n) is 4.34. The summed E-state index contributed by atoms with van der Waals surface area (Å²) in [5.41, 5.74) is 2.71. The van der Waals surface area contributed by atoms with Crippen molar-refractivity contribution in [1.29, 1.82) is 0 Å². The van der Waals surface area contributed by atoms with Crippen LogP contribution in [0, 0.1) is 0 Å². The van der Waals surface area contributed by atoms with Crippen LogP contribution in [-0.2, 0) is 23.1 Å². The molecule has 0 saturated heterocycles. The Balaban J connectivity index is 2.12. The van der Waals surface area contributed by atoms with Gasteiger partial charge in [-0.2, -0.15) is 0 Å². The lowest BCUT2D eigenvalue weighted by Gasteiger charge is -2.09. The SMILES string of the molecule is CCNCc1ccc(S(=O)(=O)NCc2cncs2)c(Br)c1. The molecule has 0 saturated carbocycles. The van der Waals surface area contributed by atoms with Crippen molar-refractivity contribution in [3.05, 3.63) is 44.8 Å². The highest BCUT2D eigenvalue weighted by molar-refractivity contribution is 9.10. The quantitative estimate of drug-likeness (QED) is 0.762. The van der Waals surface area contributed by atoms with Crippen LogP contribution in [0.3, 0.4) is 0 Å². The van der Waals surface area contributed by atoms with Gasteiger partial charge in [0.2, 0.25) is 10.0 Å². The Morgan fingerprint density at radius 2 is 2.14 bits per heavy atom. The van der Waals surface area contributed by atoms with Gasteiger partial charge in [0, 0.05) is 28.6 Å². The zero-order valence-corrected chi connectivity index (χ0v) is 14.7. The summed E-state index contributed by atoms with van der Waals surface area (Å²) >= 11 is 4.75. The summed E-state index contributed by atoms with van der Waals surface area (Å²) in [6.07, 6.45) is 1.65. The van der Waals surface area contributed by atoms with E-state index in [1.807, 2.05) is 19.1 Å². The van der Waals surface area contributed by atoms with Crippen molar-refractivity contribution in [2.45, 2.75) is 24.9 Å². The van der Waals surface area contributed by atoms with Gasteiger partial charge in [0.25, 0.3) is 0 Å². The standard InChI is InChI=1S/C13H16BrN3O2S2/c1-2-15-6-10-3-4-13(12(14)5-10)21(18,19)17-8-11-7-16-9-20-11/h3-5,7,9,15,17H,2,6,8H2,1H3. The summed E-state index contributed by atoms with van der Waals surface area (Å²) in [6.45, 7) is 3.85. The first kappa shape index (κ1) is 16.6. The number of halogens is 1. The molecule has 0 spiro atoms. The van der Waals surface area contributed by atoms with E-state index < -0.39 is 10.0 Å². The highest BCUT2D eigenvalue weighted by Gasteiger charge is 2.17. The molecule has 114 valence electrons. The lowest BCUT2D eigenvalue weighted by molar-refractivity contribution is 0.581. The molecule has 0 unspecified atom stereocenters. The van der Waals surface area contributed by atoms with Crippen LogP contribution in [0.2, 0.25) is 0 Å². The van der Waals surface area contributed by atoms with Crippen molar-refractivity contribution in [1.82, 2.24) is 15.0 Å². The minimum atomic E-state index is -3.54. The van der Waals surface area contributed by atoms with E-state index >= 15 is 0 Å². The second kappa shape index (κ2) is 7.46. The summed E-state index contributed by atoms with van der Waals surface area (Å²) in [5.74, 6) is 0. The lowest BCUT2D eigenvalue weighted by Crippen LogP contribution is -2.23. The predicted molar refractivity (Wildman–Crippen MR) is 87.7 cm³/mol. The molecule has 2 rings (SSSR count). The third kappa shape index (κ3) is 4.58. The largest absolute Gasteiger partial charge is 0.313 e. The van der Waals surface area contributed by atoms with Crippen LogP contribution in [0.1, 0.15) is 17.4 Å². The number of hydrogen-bond donors (Lipinski definition) is 2. The summed E-state index contributed by atoms with van der Waals surface area (Å²) in [7, 11) is -3.54. The van der Waals surface area contributed by atoms with Gasteiger partial charge in [0.15, 0.2) is 0 Å². The molecule has 1 aromatic carbocycles. The van der Waals surface area contributed by atoms with Gasteiger partial charge in [-0.3, -0.25) is 4.98 Å². The maximum atomic E-state index is 12.3. The monoisotopic (exact) mass is 389 g/mol. The van der Waals surface area contributed by atoms with Crippen molar-refractivity contribution in [3.8, 4) is 0 Å². The Labute approximate surface area is 137 Å². The zero-order chi connectivity index (χ0) is 15.3. The fourth-order valence-corrected chi connectivity index (χ4v) is 4.47. The van der Waals surface area contributed by atoms with E-state index in [-0.39, 0.29) is 11.4 Å². The van der Waals surface area contributed by atoms with Gasteiger partial charge in [0.05, 0.1) is 10.4 Å². The number of aromatic nitrogens is 1. The molecule has 0 bridgehead atoms. The van der Waals surface area contributed by atoms with Gasteiger partial charge in [-0.05, 0) is 40.2 Å². The fourth-order valence-electron chi connectivity index (χ4n) is 1.71. The first-order valence-corrected chi connectivity index (χ1v) is 9.54. The van der Waals surface area contributed by atoms with Crippen LogP contribution in [0.25, 0.3) is 0 Å². The number of benzene rings is 1. The number of rotatable bonds is 7. The maximum Gasteiger partial charge on any atom is 0.242 e. The van der Waals surface area contributed by atoms with E-state index in [1.54, 1.807) is 17.8 Å². The van der Waals surface area contributed by atoms with Crippen LogP contribution in [0.5, 0.6) is 0 Å². The fraction of sp³-hybridized carbons (Fsp3) is 0.308. The molecule has 21 heavy (non-hydrogen) atoms. The van der Waals surface area contributed by atoms with Crippen LogP contribution in [-0.4, -0.2) is 19.9 Å². The van der Waals surface area contributed by atoms with E-state index in [0.717, 1.165) is 17.0 Å². The Bertz CT molecular complexity index is 687. The van der Waals surface area contributed by atoms with E-state index in [4.69, 9.17) is 0 Å².